The number of hydrogen-bond acceptors (Lipinski definition) is 3. The van der Waals surface area contributed by atoms with Crippen molar-refractivity contribution in [3.8, 4) is 5.75 Å². The van der Waals surface area contributed by atoms with Crippen molar-refractivity contribution in [2.24, 2.45) is 0 Å². The number of nitrogens with one attached hydrogen (secondary N) is 2. The standard InChI is InChI=1S/C20H21BrN2O3/c1-2-26-19-8-7-14(21)10-17(19)20(25)23-15(12-24)9-13-11-22-18-6-4-3-5-16(13)18/h3-8,10-11,15,22,24H,2,9,12H2,1H3,(H,23,25). The van der Waals surface area contributed by atoms with Crippen LogP contribution in [0.3, 0.4) is 0 Å². The van der Waals surface area contributed by atoms with E-state index in [9.17, 15) is 9.90 Å². The van der Waals surface area contributed by atoms with Crippen LogP contribution in [0.25, 0.3) is 10.9 Å². The van der Waals surface area contributed by atoms with Crippen LogP contribution >= 0.6 is 15.9 Å². The molecule has 0 spiro atoms. The second kappa shape index (κ2) is 8.38. The van der Waals surface area contributed by atoms with Crippen molar-refractivity contribution in [2.45, 2.75) is 19.4 Å². The lowest BCUT2D eigenvalue weighted by atomic mass is 10.0. The van der Waals surface area contributed by atoms with Gasteiger partial charge in [-0.3, -0.25) is 4.79 Å². The third-order valence-electron chi connectivity index (χ3n) is 4.18. The molecule has 136 valence electrons. The van der Waals surface area contributed by atoms with Gasteiger partial charge in [0.1, 0.15) is 5.75 Å². The first-order chi connectivity index (χ1) is 12.6. The second-order valence-corrected chi connectivity index (χ2v) is 6.91. The van der Waals surface area contributed by atoms with Crippen molar-refractivity contribution >= 4 is 32.7 Å². The monoisotopic (exact) mass is 416 g/mol. The topological polar surface area (TPSA) is 74.3 Å². The molecule has 3 N–H and O–H groups in total. The van der Waals surface area contributed by atoms with E-state index in [0.717, 1.165) is 20.9 Å². The van der Waals surface area contributed by atoms with Crippen molar-refractivity contribution in [3.05, 3.63) is 64.3 Å². The lowest BCUT2D eigenvalue weighted by molar-refractivity contribution is 0.0912. The zero-order valence-electron chi connectivity index (χ0n) is 14.5. The number of aromatic nitrogens is 1. The summed E-state index contributed by atoms with van der Waals surface area (Å²) < 4.78 is 6.34. The summed E-state index contributed by atoms with van der Waals surface area (Å²) in [5.74, 6) is 0.255. The number of hydrogen-bond donors (Lipinski definition) is 3. The molecule has 1 aromatic heterocycles. The van der Waals surface area contributed by atoms with E-state index in [1.54, 1.807) is 12.1 Å². The number of ether oxygens (including phenoxy) is 1. The van der Waals surface area contributed by atoms with Gasteiger partial charge in [0, 0.05) is 21.6 Å². The minimum Gasteiger partial charge on any atom is -0.493 e. The normalized spacial score (nSPS) is 12.1. The van der Waals surface area contributed by atoms with E-state index >= 15 is 0 Å². The van der Waals surface area contributed by atoms with E-state index in [2.05, 4.69) is 26.2 Å². The molecule has 0 saturated heterocycles. The Labute approximate surface area is 160 Å². The van der Waals surface area contributed by atoms with Crippen molar-refractivity contribution in [3.63, 3.8) is 0 Å². The fourth-order valence-corrected chi connectivity index (χ4v) is 3.31. The number of carbonyl (C=O) groups excluding carboxylic acids is 1. The molecule has 1 atom stereocenters. The van der Waals surface area contributed by atoms with Gasteiger partial charge in [0.15, 0.2) is 0 Å². The van der Waals surface area contributed by atoms with Crippen LogP contribution in [0.2, 0.25) is 0 Å². The third-order valence-corrected chi connectivity index (χ3v) is 4.68. The Morgan fingerprint density at radius 3 is 2.88 bits per heavy atom. The van der Waals surface area contributed by atoms with Crippen LogP contribution in [0.15, 0.2) is 53.1 Å². The van der Waals surface area contributed by atoms with Gasteiger partial charge in [-0.1, -0.05) is 34.1 Å². The summed E-state index contributed by atoms with van der Waals surface area (Å²) >= 11 is 3.39. The molecule has 0 fully saturated rings. The quantitative estimate of drug-likeness (QED) is 0.549. The molecule has 0 aliphatic heterocycles. The van der Waals surface area contributed by atoms with Crippen LogP contribution in [-0.2, 0) is 6.42 Å². The van der Waals surface area contributed by atoms with E-state index in [1.165, 1.54) is 0 Å². The van der Waals surface area contributed by atoms with Gasteiger partial charge in [-0.15, -0.1) is 0 Å². The molecule has 0 radical (unpaired) electrons. The van der Waals surface area contributed by atoms with Gasteiger partial charge in [0.2, 0.25) is 0 Å². The predicted molar refractivity (Wildman–Crippen MR) is 106 cm³/mol. The summed E-state index contributed by atoms with van der Waals surface area (Å²) in [6.07, 6.45) is 2.45. The highest BCUT2D eigenvalue weighted by Gasteiger charge is 2.19. The molecule has 1 heterocycles. The molecule has 26 heavy (non-hydrogen) atoms. The molecule has 1 unspecified atom stereocenters. The minimum absolute atomic E-state index is 0.150. The van der Waals surface area contributed by atoms with E-state index in [-0.39, 0.29) is 12.5 Å². The zero-order valence-corrected chi connectivity index (χ0v) is 16.0. The minimum atomic E-state index is -0.393. The maximum absolute atomic E-state index is 12.7. The van der Waals surface area contributed by atoms with E-state index in [0.29, 0.717) is 24.3 Å². The van der Waals surface area contributed by atoms with Crippen LogP contribution in [0.1, 0.15) is 22.8 Å². The molecule has 0 saturated carbocycles. The average molecular weight is 417 g/mol. The number of H-pyrrole nitrogens is 1. The number of fused-ring (bicyclic) bond motifs is 1. The number of amides is 1. The Morgan fingerprint density at radius 2 is 2.12 bits per heavy atom. The average Bonchev–Trinajstić information content (AvgIpc) is 3.05. The smallest absolute Gasteiger partial charge is 0.255 e. The van der Waals surface area contributed by atoms with Gasteiger partial charge in [0.05, 0.1) is 24.8 Å². The van der Waals surface area contributed by atoms with Gasteiger partial charge in [-0.05, 0) is 43.2 Å². The molecular formula is C20H21BrN2O3. The molecular weight excluding hydrogens is 396 g/mol. The van der Waals surface area contributed by atoms with E-state index in [1.807, 2.05) is 43.5 Å². The molecule has 3 aromatic rings. The molecule has 0 aliphatic carbocycles. The molecule has 3 rings (SSSR count). The van der Waals surface area contributed by atoms with Gasteiger partial charge in [0.25, 0.3) is 5.91 Å². The molecule has 2 aromatic carbocycles. The predicted octanol–water partition coefficient (Wildman–Crippen LogP) is 3.66. The van der Waals surface area contributed by atoms with Crippen molar-refractivity contribution in [1.29, 1.82) is 0 Å². The zero-order chi connectivity index (χ0) is 18.5. The molecule has 5 nitrogen and oxygen atoms in total. The number of aliphatic hydroxyl groups excluding tert-OH is 1. The van der Waals surface area contributed by atoms with Gasteiger partial charge in [-0.25, -0.2) is 0 Å². The Kier molecular flexibility index (Phi) is 5.96. The first kappa shape index (κ1) is 18.5. The van der Waals surface area contributed by atoms with Crippen molar-refractivity contribution in [1.82, 2.24) is 10.3 Å². The molecule has 6 heteroatoms. The summed E-state index contributed by atoms with van der Waals surface area (Å²) in [4.78, 5) is 15.9. The SMILES string of the molecule is CCOc1ccc(Br)cc1C(=O)NC(CO)Cc1c[nH]c2ccccc12. The summed E-state index contributed by atoms with van der Waals surface area (Å²) in [5.41, 5.74) is 2.54. The fraction of sp³-hybridized carbons (Fsp3) is 0.250. The highest BCUT2D eigenvalue weighted by molar-refractivity contribution is 9.10. The van der Waals surface area contributed by atoms with Crippen LogP contribution in [0, 0.1) is 0 Å². The van der Waals surface area contributed by atoms with Gasteiger partial charge < -0.3 is 20.1 Å². The van der Waals surface area contributed by atoms with Crippen LogP contribution in [-0.4, -0.2) is 35.3 Å². The highest BCUT2D eigenvalue weighted by atomic mass is 79.9. The number of para-hydroxylation sites is 1. The van der Waals surface area contributed by atoms with Crippen molar-refractivity contribution in [2.75, 3.05) is 13.2 Å². The Hall–Kier alpha value is -2.31. The number of halogens is 1. The molecule has 0 aliphatic rings. The summed E-state index contributed by atoms with van der Waals surface area (Å²) in [6, 6.07) is 12.9. The van der Waals surface area contributed by atoms with Crippen LogP contribution in [0.4, 0.5) is 0 Å². The highest BCUT2D eigenvalue weighted by Crippen LogP contribution is 2.24. The van der Waals surface area contributed by atoms with Gasteiger partial charge in [-0.2, -0.15) is 0 Å². The number of rotatable bonds is 7. The summed E-state index contributed by atoms with van der Waals surface area (Å²) in [6.45, 7) is 2.20. The maximum Gasteiger partial charge on any atom is 0.255 e. The Balaban J connectivity index is 1.78. The maximum atomic E-state index is 12.7. The number of aromatic amines is 1. The first-order valence-electron chi connectivity index (χ1n) is 8.51. The molecule has 1 amide bonds. The Bertz CT molecular complexity index is 907. The second-order valence-electron chi connectivity index (χ2n) is 5.99. The van der Waals surface area contributed by atoms with E-state index < -0.39 is 6.04 Å². The number of carbonyl (C=O) groups is 1. The van der Waals surface area contributed by atoms with Crippen LogP contribution in [0.5, 0.6) is 5.75 Å². The van der Waals surface area contributed by atoms with E-state index in [4.69, 9.17) is 4.74 Å². The first-order valence-corrected chi connectivity index (χ1v) is 9.30. The third kappa shape index (κ3) is 4.08. The molecule has 0 bridgehead atoms. The summed E-state index contributed by atoms with van der Waals surface area (Å²) in [5, 5.41) is 13.8. The van der Waals surface area contributed by atoms with Gasteiger partial charge >= 0.3 is 0 Å². The van der Waals surface area contributed by atoms with Crippen LogP contribution < -0.4 is 10.1 Å². The lowest BCUT2D eigenvalue weighted by Gasteiger charge is -2.17. The Morgan fingerprint density at radius 1 is 1.31 bits per heavy atom. The number of aliphatic hydroxyl groups is 1. The number of benzene rings is 2. The largest absolute Gasteiger partial charge is 0.493 e. The lowest BCUT2D eigenvalue weighted by Crippen LogP contribution is -2.39. The fourth-order valence-electron chi connectivity index (χ4n) is 2.95. The van der Waals surface area contributed by atoms with Crippen molar-refractivity contribution < 1.29 is 14.6 Å². The summed E-state index contributed by atoms with van der Waals surface area (Å²) in [7, 11) is 0.